The van der Waals surface area contributed by atoms with Crippen LogP contribution in [0, 0.1) is 0 Å². The molecule has 0 amide bonds. The van der Waals surface area contributed by atoms with Crippen molar-refractivity contribution < 1.29 is 0 Å². The minimum Gasteiger partial charge on any atom is -0.366 e. The first-order chi connectivity index (χ1) is 11.6. The van der Waals surface area contributed by atoms with E-state index in [0.717, 1.165) is 48.6 Å². The van der Waals surface area contributed by atoms with Gasteiger partial charge in [0.15, 0.2) is 5.82 Å². The minimum atomic E-state index is 0.665. The lowest BCUT2D eigenvalue weighted by molar-refractivity contribution is 0.817. The molecule has 0 unspecified atom stereocenters. The predicted octanol–water partition coefficient (Wildman–Crippen LogP) is 4.54. The van der Waals surface area contributed by atoms with Gasteiger partial charge in [-0.2, -0.15) is 0 Å². The maximum absolute atomic E-state index is 4.54. The summed E-state index contributed by atoms with van der Waals surface area (Å²) in [5, 5.41) is 3.17. The second-order valence-electron chi connectivity index (χ2n) is 5.38. The van der Waals surface area contributed by atoms with E-state index in [-0.39, 0.29) is 0 Å². The molecule has 1 rings (SSSR count). The Hall–Kier alpha value is -2.49. The molecule has 1 aromatic heterocycles. The van der Waals surface area contributed by atoms with Gasteiger partial charge in [0.25, 0.3) is 0 Å². The number of aromatic nitrogens is 3. The largest absolute Gasteiger partial charge is 0.366 e. The molecule has 128 valence electrons. The van der Waals surface area contributed by atoms with Crippen LogP contribution in [0.3, 0.4) is 0 Å². The average Bonchev–Trinajstić information content (AvgIpc) is 2.59. The maximum atomic E-state index is 4.54. The number of allylic oxidation sites excluding steroid dienone is 6. The summed E-state index contributed by atoms with van der Waals surface area (Å²) in [5.41, 5.74) is 1.86. The highest BCUT2D eigenvalue weighted by Crippen LogP contribution is 2.16. The maximum Gasteiger partial charge on any atom is 0.158 e. The Morgan fingerprint density at radius 3 is 2.46 bits per heavy atom. The van der Waals surface area contributed by atoms with Crippen molar-refractivity contribution in [3.05, 3.63) is 73.4 Å². The standard InChI is InChI=1S/C20H28N4/c1-6-9-11-12-19-22-18(8-3)23-20(24-19)16(4)13-14-17(5)21-15-10-7-2/h6,9-11,15,21H,1,4-5,7-8,12-14H2,2-3H3/b11-9+,15-10-. The number of nitrogens with one attached hydrogen (secondary N) is 1. The second-order valence-corrected chi connectivity index (χ2v) is 5.38. The molecule has 1 heterocycles. The van der Waals surface area contributed by atoms with Crippen molar-refractivity contribution in [2.45, 2.75) is 46.0 Å². The molecule has 0 spiro atoms. The van der Waals surface area contributed by atoms with Gasteiger partial charge in [-0.25, -0.2) is 15.0 Å². The summed E-state index contributed by atoms with van der Waals surface area (Å²) in [5.74, 6) is 2.24. The van der Waals surface area contributed by atoms with Crippen LogP contribution < -0.4 is 5.32 Å². The highest BCUT2D eigenvalue weighted by atomic mass is 15.0. The van der Waals surface area contributed by atoms with Gasteiger partial charge in [-0.3, -0.25) is 0 Å². The molecule has 0 saturated carbocycles. The quantitative estimate of drug-likeness (QED) is 0.607. The van der Waals surface area contributed by atoms with E-state index in [1.54, 1.807) is 6.08 Å². The molecule has 1 N–H and O–H groups in total. The Labute approximate surface area is 145 Å². The van der Waals surface area contributed by atoms with Crippen molar-refractivity contribution in [3.63, 3.8) is 0 Å². The molecular weight excluding hydrogens is 296 g/mol. The molecule has 0 atom stereocenters. The van der Waals surface area contributed by atoms with Gasteiger partial charge in [0, 0.05) is 18.5 Å². The van der Waals surface area contributed by atoms with Gasteiger partial charge in [0.05, 0.1) is 0 Å². The van der Waals surface area contributed by atoms with E-state index in [1.807, 2.05) is 25.3 Å². The molecule has 0 saturated heterocycles. The van der Waals surface area contributed by atoms with E-state index in [4.69, 9.17) is 0 Å². The number of rotatable bonds is 11. The molecule has 0 radical (unpaired) electrons. The molecule has 1 aromatic rings. The van der Waals surface area contributed by atoms with Crippen LogP contribution in [-0.2, 0) is 12.8 Å². The molecule has 0 bridgehead atoms. The summed E-state index contributed by atoms with van der Waals surface area (Å²) in [7, 11) is 0. The third-order valence-electron chi connectivity index (χ3n) is 3.30. The zero-order valence-corrected chi connectivity index (χ0v) is 14.9. The highest BCUT2D eigenvalue weighted by molar-refractivity contribution is 5.57. The molecule has 24 heavy (non-hydrogen) atoms. The van der Waals surface area contributed by atoms with Gasteiger partial charge in [0.1, 0.15) is 11.6 Å². The number of hydrogen-bond acceptors (Lipinski definition) is 4. The first-order valence-electron chi connectivity index (χ1n) is 8.39. The van der Waals surface area contributed by atoms with Gasteiger partial charge in [-0.1, -0.05) is 57.9 Å². The Kier molecular flexibility index (Phi) is 9.05. The fraction of sp³-hybridized carbons (Fsp3) is 0.350. The summed E-state index contributed by atoms with van der Waals surface area (Å²) >= 11 is 0. The second kappa shape index (κ2) is 11.1. The summed E-state index contributed by atoms with van der Waals surface area (Å²) < 4.78 is 0. The zero-order valence-electron chi connectivity index (χ0n) is 14.9. The fourth-order valence-electron chi connectivity index (χ4n) is 1.93. The van der Waals surface area contributed by atoms with Crippen molar-refractivity contribution >= 4 is 5.57 Å². The molecule has 0 fully saturated rings. The van der Waals surface area contributed by atoms with Crippen LogP contribution in [0.15, 0.2) is 55.9 Å². The predicted molar refractivity (Wildman–Crippen MR) is 102 cm³/mol. The normalized spacial score (nSPS) is 11.1. The number of nitrogens with zero attached hydrogens (tertiary/aromatic N) is 3. The molecule has 4 heteroatoms. The van der Waals surface area contributed by atoms with Crippen molar-refractivity contribution in [3.8, 4) is 0 Å². The Morgan fingerprint density at radius 1 is 1.04 bits per heavy atom. The molecule has 4 nitrogen and oxygen atoms in total. The van der Waals surface area contributed by atoms with E-state index in [1.165, 1.54) is 0 Å². The smallest absolute Gasteiger partial charge is 0.158 e. The summed E-state index contributed by atoms with van der Waals surface area (Å²) in [6.45, 7) is 15.9. The van der Waals surface area contributed by atoms with Gasteiger partial charge < -0.3 is 5.32 Å². The lowest BCUT2D eigenvalue weighted by atomic mass is 10.1. The van der Waals surface area contributed by atoms with Crippen molar-refractivity contribution in [2.24, 2.45) is 0 Å². The van der Waals surface area contributed by atoms with E-state index in [2.05, 4.69) is 53.0 Å². The fourth-order valence-corrected chi connectivity index (χ4v) is 1.93. The van der Waals surface area contributed by atoms with Crippen LogP contribution in [0.2, 0.25) is 0 Å². The lowest BCUT2D eigenvalue weighted by Gasteiger charge is -2.09. The van der Waals surface area contributed by atoms with E-state index in [9.17, 15) is 0 Å². The molecular formula is C20H28N4. The van der Waals surface area contributed by atoms with E-state index >= 15 is 0 Å². The zero-order chi connectivity index (χ0) is 17.8. The van der Waals surface area contributed by atoms with Crippen LogP contribution >= 0.6 is 0 Å². The van der Waals surface area contributed by atoms with Gasteiger partial charge in [-0.05, 0) is 31.0 Å². The Balaban J connectivity index is 2.72. The van der Waals surface area contributed by atoms with Gasteiger partial charge >= 0.3 is 0 Å². The van der Waals surface area contributed by atoms with Gasteiger partial charge in [-0.15, -0.1) is 0 Å². The van der Waals surface area contributed by atoms with Crippen molar-refractivity contribution in [1.29, 1.82) is 0 Å². The third-order valence-corrected chi connectivity index (χ3v) is 3.30. The van der Waals surface area contributed by atoms with Crippen LogP contribution in [0.25, 0.3) is 5.57 Å². The van der Waals surface area contributed by atoms with Crippen LogP contribution in [-0.4, -0.2) is 15.0 Å². The van der Waals surface area contributed by atoms with Crippen LogP contribution in [0.1, 0.15) is 50.6 Å². The third kappa shape index (κ3) is 7.18. The number of hydrogen-bond donors (Lipinski definition) is 1. The van der Waals surface area contributed by atoms with Crippen LogP contribution in [0.5, 0.6) is 0 Å². The van der Waals surface area contributed by atoms with Crippen LogP contribution in [0.4, 0.5) is 0 Å². The van der Waals surface area contributed by atoms with Gasteiger partial charge in [0.2, 0.25) is 0 Å². The summed E-state index contributed by atoms with van der Waals surface area (Å²) in [6.07, 6.45) is 13.6. The number of aryl methyl sites for hydroxylation is 1. The monoisotopic (exact) mass is 324 g/mol. The van der Waals surface area contributed by atoms with E-state index in [0.29, 0.717) is 12.2 Å². The Morgan fingerprint density at radius 2 is 1.79 bits per heavy atom. The first kappa shape index (κ1) is 19.6. The summed E-state index contributed by atoms with van der Waals surface area (Å²) in [6, 6.07) is 0. The minimum absolute atomic E-state index is 0.665. The van der Waals surface area contributed by atoms with Crippen molar-refractivity contribution in [2.75, 3.05) is 0 Å². The highest BCUT2D eigenvalue weighted by Gasteiger charge is 2.08. The SMILES string of the molecule is C=C/C=C/Cc1nc(CC)nc(C(=C)CCC(=C)N/C=C\CC)n1. The molecule has 0 aromatic carbocycles. The first-order valence-corrected chi connectivity index (χ1v) is 8.39. The van der Waals surface area contributed by atoms with Crippen molar-refractivity contribution in [1.82, 2.24) is 20.3 Å². The average molecular weight is 324 g/mol. The van der Waals surface area contributed by atoms with E-state index < -0.39 is 0 Å². The topological polar surface area (TPSA) is 50.7 Å². The lowest BCUT2D eigenvalue weighted by Crippen LogP contribution is -2.07. The summed E-state index contributed by atoms with van der Waals surface area (Å²) in [4.78, 5) is 13.5. The molecule has 0 aliphatic rings. The molecule has 0 aliphatic heterocycles. The molecule has 0 aliphatic carbocycles. The Bertz CT molecular complexity index is 627.